The van der Waals surface area contributed by atoms with Crippen molar-refractivity contribution in [3.63, 3.8) is 0 Å². The molecule has 1 saturated carbocycles. The molecule has 0 aromatic carbocycles. The number of hydrogen-bond donors (Lipinski definition) is 1. The van der Waals surface area contributed by atoms with Gasteiger partial charge >= 0.3 is 0 Å². The van der Waals surface area contributed by atoms with Crippen LogP contribution in [0.3, 0.4) is 0 Å². The Labute approximate surface area is 144 Å². The molecule has 24 heavy (non-hydrogen) atoms. The summed E-state index contributed by atoms with van der Waals surface area (Å²) in [5.74, 6) is -1.71. The van der Waals surface area contributed by atoms with Gasteiger partial charge in [-0.05, 0) is 32.1 Å². The molecule has 1 aliphatic heterocycles. The number of hydrogen-bond acceptors (Lipinski definition) is 3. The molecule has 0 aromatic rings. The summed E-state index contributed by atoms with van der Waals surface area (Å²) in [4.78, 5) is 10.8. The molecular formula is C18H30F2N4. The molecule has 1 heterocycles. The monoisotopic (exact) mass is 340 g/mol. The molecule has 0 unspecified atom stereocenters. The molecule has 1 aliphatic carbocycles. The van der Waals surface area contributed by atoms with Crippen LogP contribution in [0.4, 0.5) is 8.78 Å². The second-order valence-corrected chi connectivity index (χ2v) is 6.78. The van der Waals surface area contributed by atoms with Gasteiger partial charge in [0.25, 0.3) is 5.92 Å². The molecule has 2 aliphatic rings. The van der Waals surface area contributed by atoms with E-state index in [0.29, 0.717) is 30.9 Å². The largest absolute Gasteiger partial charge is 0.366 e. The molecule has 6 heteroatoms. The molecule has 1 N–H and O–H groups in total. The SMILES string of the molecule is C=C(N=CCC)C(=NC)NC1CCC(N2CCC(F)(F)CC2)CC1. The van der Waals surface area contributed by atoms with E-state index in [-0.39, 0.29) is 12.8 Å². The van der Waals surface area contributed by atoms with Gasteiger partial charge in [-0.2, -0.15) is 0 Å². The van der Waals surface area contributed by atoms with E-state index in [1.807, 2.05) is 13.1 Å². The van der Waals surface area contributed by atoms with Crippen LogP contribution in [0, 0.1) is 0 Å². The van der Waals surface area contributed by atoms with Gasteiger partial charge in [0.1, 0.15) is 5.84 Å². The second kappa shape index (κ2) is 8.70. The summed E-state index contributed by atoms with van der Waals surface area (Å²) in [5.41, 5.74) is 0.666. The van der Waals surface area contributed by atoms with Gasteiger partial charge in [0, 0.05) is 51.3 Å². The normalized spacial score (nSPS) is 28.9. The molecule has 2 fully saturated rings. The third-order valence-electron chi connectivity index (χ3n) is 5.01. The Balaban J connectivity index is 1.78. The number of alkyl halides is 2. The summed E-state index contributed by atoms with van der Waals surface area (Å²) < 4.78 is 26.6. The minimum absolute atomic E-state index is 0.00702. The lowest BCUT2D eigenvalue weighted by atomic mass is 9.88. The van der Waals surface area contributed by atoms with E-state index in [2.05, 4.69) is 26.8 Å². The van der Waals surface area contributed by atoms with Crippen molar-refractivity contribution in [2.75, 3.05) is 20.1 Å². The van der Waals surface area contributed by atoms with E-state index < -0.39 is 5.92 Å². The molecule has 0 radical (unpaired) electrons. The third-order valence-corrected chi connectivity index (χ3v) is 5.01. The molecular weight excluding hydrogens is 310 g/mol. The van der Waals surface area contributed by atoms with Crippen LogP contribution >= 0.6 is 0 Å². The van der Waals surface area contributed by atoms with Crippen LogP contribution in [-0.4, -0.2) is 55.1 Å². The van der Waals surface area contributed by atoms with Crippen LogP contribution in [0.15, 0.2) is 22.3 Å². The predicted molar refractivity (Wildman–Crippen MR) is 96.2 cm³/mol. The van der Waals surface area contributed by atoms with Crippen molar-refractivity contribution in [1.82, 2.24) is 10.2 Å². The molecule has 0 atom stereocenters. The van der Waals surface area contributed by atoms with Crippen LogP contribution in [-0.2, 0) is 0 Å². The molecule has 0 spiro atoms. The topological polar surface area (TPSA) is 40.0 Å². The molecule has 2 rings (SSSR count). The number of rotatable bonds is 5. The van der Waals surface area contributed by atoms with Gasteiger partial charge in [0.15, 0.2) is 0 Å². The number of amidine groups is 1. The maximum atomic E-state index is 13.3. The molecule has 136 valence electrons. The quantitative estimate of drug-likeness (QED) is 0.613. The number of aliphatic imine (C=N–C) groups is 2. The average molecular weight is 340 g/mol. The number of piperidine rings is 1. The minimum Gasteiger partial charge on any atom is -0.366 e. The van der Waals surface area contributed by atoms with E-state index in [0.717, 1.165) is 37.9 Å². The zero-order chi connectivity index (χ0) is 17.6. The number of likely N-dealkylation sites (tertiary alicyclic amines) is 1. The number of nitrogens with one attached hydrogen (secondary N) is 1. The van der Waals surface area contributed by atoms with Gasteiger partial charge in [0.2, 0.25) is 0 Å². The molecule has 0 aromatic heterocycles. The van der Waals surface area contributed by atoms with Crippen molar-refractivity contribution in [2.45, 2.75) is 69.9 Å². The lowest BCUT2D eigenvalue weighted by molar-refractivity contribution is -0.0660. The van der Waals surface area contributed by atoms with Crippen molar-refractivity contribution >= 4 is 12.1 Å². The number of nitrogens with zero attached hydrogens (tertiary/aromatic N) is 3. The van der Waals surface area contributed by atoms with Gasteiger partial charge in [-0.25, -0.2) is 8.78 Å². The van der Waals surface area contributed by atoms with Gasteiger partial charge in [-0.3, -0.25) is 14.9 Å². The summed E-state index contributed by atoms with van der Waals surface area (Å²) in [7, 11) is 1.74. The van der Waals surface area contributed by atoms with Gasteiger partial charge < -0.3 is 5.32 Å². The summed E-state index contributed by atoms with van der Waals surface area (Å²) in [6.07, 6.45) is 6.87. The van der Waals surface area contributed by atoms with Crippen molar-refractivity contribution in [2.24, 2.45) is 9.98 Å². The van der Waals surface area contributed by atoms with Crippen LogP contribution < -0.4 is 5.32 Å². The van der Waals surface area contributed by atoms with Crippen molar-refractivity contribution < 1.29 is 8.78 Å². The second-order valence-electron chi connectivity index (χ2n) is 6.78. The van der Waals surface area contributed by atoms with Crippen LogP contribution in [0.2, 0.25) is 0 Å². The molecule has 4 nitrogen and oxygen atoms in total. The zero-order valence-electron chi connectivity index (χ0n) is 14.9. The Kier molecular flexibility index (Phi) is 6.90. The van der Waals surface area contributed by atoms with Crippen LogP contribution in [0.1, 0.15) is 51.9 Å². The first-order valence-corrected chi connectivity index (χ1v) is 9.02. The first-order valence-electron chi connectivity index (χ1n) is 9.02. The summed E-state index contributed by atoms with van der Waals surface area (Å²) in [5, 5.41) is 3.45. The number of halogens is 2. The van der Waals surface area contributed by atoms with Crippen LogP contribution in [0.5, 0.6) is 0 Å². The zero-order valence-corrected chi connectivity index (χ0v) is 14.9. The highest BCUT2D eigenvalue weighted by Crippen LogP contribution is 2.32. The van der Waals surface area contributed by atoms with E-state index in [1.54, 1.807) is 7.05 Å². The van der Waals surface area contributed by atoms with Gasteiger partial charge in [-0.15, -0.1) is 0 Å². The van der Waals surface area contributed by atoms with E-state index >= 15 is 0 Å². The van der Waals surface area contributed by atoms with Gasteiger partial charge in [0.05, 0.1) is 5.70 Å². The van der Waals surface area contributed by atoms with Gasteiger partial charge in [-0.1, -0.05) is 13.5 Å². The maximum Gasteiger partial charge on any atom is 0.250 e. The Bertz CT molecular complexity index is 469. The molecule has 0 bridgehead atoms. The first-order chi connectivity index (χ1) is 11.4. The Morgan fingerprint density at radius 3 is 2.42 bits per heavy atom. The fourth-order valence-corrected chi connectivity index (χ4v) is 3.53. The van der Waals surface area contributed by atoms with Crippen molar-refractivity contribution in [3.8, 4) is 0 Å². The molecule has 1 saturated heterocycles. The Morgan fingerprint density at radius 1 is 1.25 bits per heavy atom. The van der Waals surface area contributed by atoms with E-state index in [4.69, 9.17) is 0 Å². The van der Waals surface area contributed by atoms with E-state index in [1.165, 1.54) is 0 Å². The lowest BCUT2D eigenvalue weighted by Crippen LogP contribution is -2.48. The Hall–Kier alpha value is -1.30. The highest BCUT2D eigenvalue weighted by molar-refractivity contribution is 5.98. The average Bonchev–Trinajstić information content (AvgIpc) is 2.58. The summed E-state index contributed by atoms with van der Waals surface area (Å²) >= 11 is 0. The predicted octanol–water partition coefficient (Wildman–Crippen LogP) is 3.64. The summed E-state index contributed by atoms with van der Waals surface area (Å²) in [6, 6.07) is 0.808. The minimum atomic E-state index is -2.46. The van der Waals surface area contributed by atoms with E-state index in [9.17, 15) is 8.78 Å². The first kappa shape index (κ1) is 19.0. The Morgan fingerprint density at radius 2 is 1.88 bits per heavy atom. The molecule has 0 amide bonds. The standard InChI is InChI=1S/C18H30F2N4/c1-4-11-22-14(2)17(21-3)23-15-5-7-16(8-6-15)24-12-9-18(19,20)10-13-24/h11,15-16H,2,4-10,12-13H2,1,3H3,(H,21,23). The van der Waals surface area contributed by atoms with Crippen molar-refractivity contribution in [3.05, 3.63) is 12.3 Å². The smallest absolute Gasteiger partial charge is 0.250 e. The maximum absolute atomic E-state index is 13.3. The van der Waals surface area contributed by atoms with Crippen molar-refractivity contribution in [1.29, 1.82) is 0 Å². The highest BCUT2D eigenvalue weighted by atomic mass is 19.3. The summed E-state index contributed by atoms with van der Waals surface area (Å²) in [6.45, 7) is 7.05. The lowest BCUT2D eigenvalue weighted by Gasteiger charge is -2.41. The third kappa shape index (κ3) is 5.36. The fraction of sp³-hybridized carbons (Fsp3) is 0.778. The highest BCUT2D eigenvalue weighted by Gasteiger charge is 2.37. The fourth-order valence-electron chi connectivity index (χ4n) is 3.53. The van der Waals surface area contributed by atoms with Crippen LogP contribution in [0.25, 0.3) is 0 Å².